The second-order valence-corrected chi connectivity index (χ2v) is 9.61. The lowest BCUT2D eigenvalue weighted by Crippen LogP contribution is -2.30. The summed E-state index contributed by atoms with van der Waals surface area (Å²) < 4.78 is 2.11. The zero-order chi connectivity index (χ0) is 24.6. The summed E-state index contributed by atoms with van der Waals surface area (Å²) in [4.78, 5) is 15.2. The van der Waals surface area contributed by atoms with E-state index >= 15 is 0 Å². The quantitative estimate of drug-likeness (QED) is 0.322. The Labute approximate surface area is 211 Å². The van der Waals surface area contributed by atoms with E-state index < -0.39 is 0 Å². The highest BCUT2D eigenvalue weighted by Gasteiger charge is 2.22. The maximum absolute atomic E-state index is 13.1. The smallest absolute Gasteiger partial charge is 0.231 e. The maximum atomic E-state index is 13.1. The van der Waals surface area contributed by atoms with Crippen molar-refractivity contribution in [2.45, 2.75) is 30.7 Å². The molecule has 0 saturated heterocycles. The molecular formula is C28H31N5OS. The largest absolute Gasteiger partial charge is 0.344 e. The number of aromatic nitrogens is 3. The monoisotopic (exact) mass is 485 g/mol. The minimum absolute atomic E-state index is 0.0517. The lowest BCUT2D eigenvalue weighted by Gasteiger charge is -2.21. The summed E-state index contributed by atoms with van der Waals surface area (Å²) in [6.45, 7) is 2.76. The molecule has 6 nitrogen and oxygen atoms in total. The van der Waals surface area contributed by atoms with Crippen LogP contribution < -0.4 is 5.32 Å². The minimum atomic E-state index is -0.211. The van der Waals surface area contributed by atoms with E-state index in [1.165, 1.54) is 17.3 Å². The Balaban J connectivity index is 1.51. The van der Waals surface area contributed by atoms with Crippen LogP contribution in [0.1, 0.15) is 41.5 Å². The lowest BCUT2D eigenvalue weighted by atomic mass is 9.99. The van der Waals surface area contributed by atoms with E-state index in [-0.39, 0.29) is 23.7 Å². The molecule has 0 radical (unpaired) electrons. The van der Waals surface area contributed by atoms with E-state index in [1.54, 1.807) is 0 Å². The lowest BCUT2D eigenvalue weighted by molar-refractivity contribution is -0.119. The molecule has 0 unspecified atom stereocenters. The Morgan fingerprint density at radius 1 is 0.886 bits per heavy atom. The number of benzene rings is 3. The second kappa shape index (κ2) is 11.8. The van der Waals surface area contributed by atoms with Crippen LogP contribution in [-0.4, -0.2) is 45.4 Å². The van der Waals surface area contributed by atoms with Crippen LogP contribution in [0.15, 0.2) is 96.2 Å². The normalized spacial score (nSPS) is 12.1. The Morgan fingerprint density at radius 3 is 1.97 bits per heavy atom. The molecule has 1 N–H and O–H groups in total. The van der Waals surface area contributed by atoms with Crippen LogP contribution >= 0.6 is 11.8 Å². The fraction of sp³-hybridized carbons (Fsp3) is 0.250. The van der Waals surface area contributed by atoms with E-state index in [2.05, 4.69) is 44.0 Å². The first-order valence-electron chi connectivity index (χ1n) is 11.7. The summed E-state index contributed by atoms with van der Waals surface area (Å²) in [5, 5.41) is 12.9. The maximum Gasteiger partial charge on any atom is 0.231 e. The Morgan fingerprint density at radius 2 is 1.43 bits per heavy atom. The number of hydrogen-bond donors (Lipinski definition) is 1. The number of carbonyl (C=O) groups excluding carboxylic acids is 1. The van der Waals surface area contributed by atoms with E-state index in [1.807, 2.05) is 93.0 Å². The summed E-state index contributed by atoms with van der Waals surface area (Å²) in [6.07, 6.45) is 0. The van der Waals surface area contributed by atoms with Crippen LogP contribution in [0.3, 0.4) is 0 Å². The van der Waals surface area contributed by atoms with Gasteiger partial charge in [-0.3, -0.25) is 9.69 Å². The molecule has 4 aromatic rings. The van der Waals surface area contributed by atoms with Crippen LogP contribution in [-0.2, 0) is 11.3 Å². The van der Waals surface area contributed by atoms with E-state index in [0.29, 0.717) is 6.54 Å². The van der Waals surface area contributed by atoms with Gasteiger partial charge in [-0.05, 0) is 37.7 Å². The van der Waals surface area contributed by atoms with Crippen molar-refractivity contribution in [2.24, 2.45) is 0 Å². The first-order chi connectivity index (χ1) is 17.0. The molecule has 0 aliphatic heterocycles. The highest BCUT2D eigenvalue weighted by atomic mass is 32.2. The first kappa shape index (κ1) is 24.7. The molecule has 180 valence electrons. The molecule has 0 aliphatic rings. The van der Waals surface area contributed by atoms with Gasteiger partial charge in [-0.2, -0.15) is 0 Å². The van der Waals surface area contributed by atoms with Crippen molar-refractivity contribution in [1.82, 2.24) is 25.0 Å². The molecule has 0 fully saturated rings. The topological polar surface area (TPSA) is 63.1 Å². The van der Waals surface area contributed by atoms with Gasteiger partial charge in [-0.25, -0.2) is 0 Å². The van der Waals surface area contributed by atoms with Gasteiger partial charge in [0, 0.05) is 0 Å². The second-order valence-electron chi connectivity index (χ2n) is 8.66. The number of carbonyl (C=O) groups is 1. The van der Waals surface area contributed by atoms with Crippen LogP contribution in [0.2, 0.25) is 0 Å². The number of amides is 1. The molecule has 1 heterocycles. The Kier molecular flexibility index (Phi) is 8.34. The van der Waals surface area contributed by atoms with Gasteiger partial charge < -0.3 is 9.88 Å². The zero-order valence-corrected chi connectivity index (χ0v) is 21.2. The van der Waals surface area contributed by atoms with Gasteiger partial charge in [0.25, 0.3) is 0 Å². The van der Waals surface area contributed by atoms with Crippen LogP contribution in [0.5, 0.6) is 0 Å². The fourth-order valence-corrected chi connectivity index (χ4v) is 4.60. The summed E-state index contributed by atoms with van der Waals surface area (Å²) in [5.41, 5.74) is 3.26. The summed E-state index contributed by atoms with van der Waals surface area (Å²) in [7, 11) is 4.06. The Bertz CT molecular complexity index is 1170. The first-order valence-corrected chi connectivity index (χ1v) is 12.7. The molecular weight excluding hydrogens is 454 g/mol. The third kappa shape index (κ3) is 6.38. The van der Waals surface area contributed by atoms with Crippen molar-refractivity contribution >= 4 is 17.7 Å². The van der Waals surface area contributed by atoms with Gasteiger partial charge in [0.2, 0.25) is 5.91 Å². The van der Waals surface area contributed by atoms with Crippen molar-refractivity contribution in [3.63, 3.8) is 0 Å². The average molecular weight is 486 g/mol. The number of hydrogen-bond acceptors (Lipinski definition) is 5. The molecule has 35 heavy (non-hydrogen) atoms. The van der Waals surface area contributed by atoms with Crippen LogP contribution in [0.25, 0.3) is 0 Å². The molecule has 4 rings (SSSR count). The zero-order valence-electron chi connectivity index (χ0n) is 20.3. The fourth-order valence-electron chi connectivity index (χ4n) is 3.84. The minimum Gasteiger partial charge on any atom is -0.344 e. The number of rotatable bonds is 10. The van der Waals surface area contributed by atoms with Crippen molar-refractivity contribution in [1.29, 1.82) is 0 Å². The third-order valence-electron chi connectivity index (χ3n) is 5.98. The highest BCUT2D eigenvalue weighted by molar-refractivity contribution is 7.99. The average Bonchev–Trinajstić information content (AvgIpc) is 3.29. The van der Waals surface area contributed by atoms with Crippen molar-refractivity contribution in [3.05, 3.63) is 114 Å². The van der Waals surface area contributed by atoms with Crippen molar-refractivity contribution in [2.75, 3.05) is 19.8 Å². The Hall–Kier alpha value is -3.42. The molecule has 0 aliphatic carbocycles. The predicted molar refractivity (Wildman–Crippen MR) is 141 cm³/mol. The standard InChI is InChI=1S/C28H31N5OS/c1-21(32(2)3)27-30-31-28(33(27)19-22-13-7-4-8-14-22)35-20-25(34)29-26(23-15-9-5-10-16-23)24-17-11-6-12-18-24/h4-18,21,26H,19-20H2,1-3H3,(H,29,34)/t21-/m1/s1. The van der Waals surface area contributed by atoms with Gasteiger partial charge in [-0.15, -0.1) is 10.2 Å². The molecule has 3 aromatic carbocycles. The van der Waals surface area contributed by atoms with Gasteiger partial charge in [0.15, 0.2) is 11.0 Å². The third-order valence-corrected chi connectivity index (χ3v) is 6.95. The van der Waals surface area contributed by atoms with Gasteiger partial charge in [-0.1, -0.05) is 103 Å². The van der Waals surface area contributed by atoms with Crippen molar-refractivity contribution in [3.8, 4) is 0 Å². The van der Waals surface area contributed by atoms with Gasteiger partial charge >= 0.3 is 0 Å². The van der Waals surface area contributed by atoms with Crippen LogP contribution in [0, 0.1) is 0 Å². The van der Waals surface area contributed by atoms with Crippen molar-refractivity contribution < 1.29 is 4.79 Å². The molecule has 7 heteroatoms. The molecule has 1 aromatic heterocycles. The predicted octanol–water partition coefficient (Wildman–Crippen LogP) is 4.95. The molecule has 0 saturated carbocycles. The molecule has 1 atom stereocenters. The van der Waals surface area contributed by atoms with E-state index in [4.69, 9.17) is 0 Å². The van der Waals surface area contributed by atoms with E-state index in [0.717, 1.165) is 22.1 Å². The number of thioether (sulfide) groups is 1. The van der Waals surface area contributed by atoms with Crippen LogP contribution in [0.4, 0.5) is 0 Å². The number of nitrogens with one attached hydrogen (secondary N) is 1. The summed E-state index contributed by atoms with van der Waals surface area (Å²) in [5.74, 6) is 1.08. The molecule has 1 amide bonds. The summed E-state index contributed by atoms with van der Waals surface area (Å²) in [6, 6.07) is 30.2. The SMILES string of the molecule is C[C@H](c1nnc(SCC(=O)NC(c2ccccc2)c2ccccc2)n1Cc1ccccc1)N(C)C. The molecule has 0 spiro atoms. The number of nitrogens with zero attached hydrogens (tertiary/aromatic N) is 4. The van der Waals surface area contributed by atoms with E-state index in [9.17, 15) is 4.79 Å². The summed E-state index contributed by atoms with van der Waals surface area (Å²) >= 11 is 1.42. The highest BCUT2D eigenvalue weighted by Crippen LogP contribution is 2.25. The van der Waals surface area contributed by atoms with Gasteiger partial charge in [0.05, 0.1) is 24.4 Å². The molecule has 0 bridgehead atoms. The van der Waals surface area contributed by atoms with Gasteiger partial charge in [0.1, 0.15) is 0 Å².